The first-order valence-corrected chi connectivity index (χ1v) is 22.1. The molecule has 0 atom stereocenters. The normalized spacial score (nSPS) is 15.7. The predicted molar refractivity (Wildman–Crippen MR) is 221 cm³/mol. The van der Waals surface area contributed by atoms with Crippen LogP contribution in [0.3, 0.4) is 0 Å². The summed E-state index contributed by atoms with van der Waals surface area (Å²) in [4.78, 5) is 17.9. The van der Waals surface area contributed by atoms with Crippen molar-refractivity contribution in [1.29, 1.82) is 0 Å². The fourth-order valence-corrected chi connectivity index (χ4v) is 9.93. The number of piperazine rings is 1. The summed E-state index contributed by atoms with van der Waals surface area (Å²) in [6.07, 6.45) is 1.93. The smallest absolute Gasteiger partial charge is 0.266 e. The highest BCUT2D eigenvalue weighted by molar-refractivity contribution is 7.91. The summed E-state index contributed by atoms with van der Waals surface area (Å²) in [6.45, 7) is 7.44. The van der Waals surface area contributed by atoms with E-state index in [4.69, 9.17) is 16.3 Å². The zero-order valence-electron chi connectivity index (χ0n) is 31.2. The molecule has 0 unspecified atom stereocenters. The van der Waals surface area contributed by atoms with Crippen LogP contribution >= 0.6 is 11.6 Å². The number of aryl methyl sites for hydroxylation is 1. The molecule has 0 bridgehead atoms. The predicted octanol–water partition coefficient (Wildman–Crippen LogP) is 7.43. The van der Waals surface area contributed by atoms with Crippen LogP contribution < -0.4 is 14.9 Å². The summed E-state index contributed by atoms with van der Waals surface area (Å²) in [6, 6.07) is 33.1. The number of carbonyl (C=O) groups is 1. The standard InChI is InChI=1S/C43H45ClN4O6S2/c1-31-27-38(16-18-41(31)45-29-32-19-25-54-26-20-32)56(52,53)46-43(49)40-17-15-36(28-42(40)55(50,51)37-8-3-2-4-9-37)48-23-21-47(22-24-48)30-34-7-5-6-10-39(34)33-11-13-35(44)14-12-33/h2-18,27-28,32,45H,19-26,29-30H2,1H3,(H,46,49). The third kappa shape index (κ3) is 9.11. The third-order valence-electron chi connectivity index (χ3n) is 10.5. The van der Waals surface area contributed by atoms with Crippen LogP contribution in [0, 0.1) is 12.8 Å². The summed E-state index contributed by atoms with van der Waals surface area (Å²) in [7, 11) is -8.58. The van der Waals surface area contributed by atoms with Crippen LogP contribution in [0.25, 0.3) is 11.1 Å². The van der Waals surface area contributed by atoms with E-state index in [-0.39, 0.29) is 20.2 Å². The molecule has 10 nitrogen and oxygen atoms in total. The molecule has 2 aliphatic heterocycles. The lowest BCUT2D eigenvalue weighted by Gasteiger charge is -2.36. The number of nitrogens with zero attached hydrogens (tertiary/aromatic N) is 2. The van der Waals surface area contributed by atoms with E-state index in [9.17, 15) is 21.6 Å². The minimum Gasteiger partial charge on any atom is -0.385 e. The highest BCUT2D eigenvalue weighted by Gasteiger charge is 2.29. The van der Waals surface area contributed by atoms with Crippen molar-refractivity contribution in [3.63, 3.8) is 0 Å². The zero-order chi connectivity index (χ0) is 39.3. The molecule has 13 heteroatoms. The highest BCUT2D eigenvalue weighted by atomic mass is 35.5. The van der Waals surface area contributed by atoms with Gasteiger partial charge in [-0.05, 0) is 109 Å². The molecule has 5 aromatic rings. The van der Waals surface area contributed by atoms with Gasteiger partial charge in [0.2, 0.25) is 9.84 Å². The SMILES string of the molecule is Cc1cc(S(=O)(=O)NC(=O)c2ccc(N3CCN(Cc4ccccc4-c4ccc(Cl)cc4)CC3)cc2S(=O)(=O)c2ccccc2)ccc1NCC1CCOCC1. The van der Waals surface area contributed by atoms with Gasteiger partial charge in [0.05, 0.1) is 20.2 Å². The average molecular weight is 813 g/mol. The molecule has 0 spiro atoms. The van der Waals surface area contributed by atoms with Crippen molar-refractivity contribution in [2.24, 2.45) is 5.92 Å². The Morgan fingerprint density at radius 2 is 1.48 bits per heavy atom. The summed E-state index contributed by atoms with van der Waals surface area (Å²) in [5.74, 6) is -0.563. The first kappa shape index (κ1) is 39.5. The number of sulfonamides is 1. The fourth-order valence-electron chi connectivity index (χ4n) is 7.26. The van der Waals surface area contributed by atoms with Crippen LogP contribution in [0.5, 0.6) is 0 Å². The number of rotatable bonds is 12. The van der Waals surface area contributed by atoms with Crippen LogP contribution in [-0.4, -0.2) is 73.6 Å². The molecular formula is C43H45ClN4O6S2. The number of amides is 1. The monoisotopic (exact) mass is 812 g/mol. The van der Waals surface area contributed by atoms with E-state index in [0.29, 0.717) is 35.3 Å². The number of hydrogen-bond donors (Lipinski definition) is 2. The first-order chi connectivity index (χ1) is 27.0. The number of sulfone groups is 1. The van der Waals surface area contributed by atoms with Crippen molar-refractivity contribution in [2.75, 3.05) is 56.2 Å². The summed E-state index contributed by atoms with van der Waals surface area (Å²) >= 11 is 6.14. The third-order valence-corrected chi connectivity index (χ3v) is 13.9. The van der Waals surface area contributed by atoms with E-state index in [1.54, 1.807) is 37.3 Å². The van der Waals surface area contributed by atoms with E-state index in [1.807, 2.05) is 36.4 Å². The molecule has 0 aromatic heterocycles. The first-order valence-electron chi connectivity index (χ1n) is 18.7. The molecule has 2 fully saturated rings. The number of nitrogens with one attached hydrogen (secondary N) is 2. The molecule has 2 N–H and O–H groups in total. The Labute approximate surface area is 334 Å². The van der Waals surface area contributed by atoms with Crippen molar-refractivity contribution in [1.82, 2.24) is 9.62 Å². The number of halogens is 1. The topological polar surface area (TPSA) is 125 Å². The quantitative estimate of drug-likeness (QED) is 0.132. The summed E-state index contributed by atoms with van der Waals surface area (Å²) in [5, 5.41) is 4.09. The van der Waals surface area contributed by atoms with Crippen LogP contribution in [0.15, 0.2) is 130 Å². The molecule has 2 saturated heterocycles. The second-order valence-corrected chi connectivity index (χ2v) is 18.3. The van der Waals surface area contributed by atoms with Gasteiger partial charge in [0.1, 0.15) is 0 Å². The van der Waals surface area contributed by atoms with Crippen LogP contribution in [0.1, 0.15) is 34.3 Å². The van der Waals surface area contributed by atoms with Crippen LogP contribution in [-0.2, 0) is 31.1 Å². The molecule has 0 radical (unpaired) electrons. The Morgan fingerprint density at radius 1 is 0.786 bits per heavy atom. The second-order valence-electron chi connectivity index (χ2n) is 14.3. The minimum absolute atomic E-state index is 0.00213. The minimum atomic E-state index is -4.36. The maximum Gasteiger partial charge on any atom is 0.266 e. The number of anilines is 2. The van der Waals surface area contributed by atoms with E-state index >= 15 is 0 Å². The number of hydrogen-bond acceptors (Lipinski definition) is 9. The maximum atomic E-state index is 14.1. The van der Waals surface area contributed by atoms with Crippen molar-refractivity contribution < 1.29 is 26.4 Å². The Morgan fingerprint density at radius 3 is 2.20 bits per heavy atom. The Kier molecular flexibility index (Phi) is 12.1. The number of ether oxygens (including phenoxy) is 1. The second kappa shape index (κ2) is 17.2. The van der Waals surface area contributed by atoms with Gasteiger partial charge in [-0.3, -0.25) is 9.69 Å². The van der Waals surface area contributed by atoms with Gasteiger partial charge in [-0.1, -0.05) is 66.2 Å². The maximum absolute atomic E-state index is 14.1. The zero-order valence-corrected chi connectivity index (χ0v) is 33.5. The molecule has 1 amide bonds. The molecule has 0 saturated carbocycles. The van der Waals surface area contributed by atoms with Crippen LogP contribution in [0.4, 0.5) is 11.4 Å². The Bertz CT molecular complexity index is 2400. The number of carbonyl (C=O) groups excluding carboxylic acids is 1. The number of benzene rings is 5. The van der Waals surface area contributed by atoms with Gasteiger partial charge < -0.3 is 15.0 Å². The van der Waals surface area contributed by atoms with Gasteiger partial charge in [-0.25, -0.2) is 21.6 Å². The molecule has 2 heterocycles. The van der Waals surface area contributed by atoms with Gasteiger partial charge in [-0.15, -0.1) is 0 Å². The van der Waals surface area contributed by atoms with Crippen molar-refractivity contribution >= 4 is 48.7 Å². The Balaban J connectivity index is 1.08. The van der Waals surface area contributed by atoms with Gasteiger partial charge in [0.15, 0.2) is 0 Å². The van der Waals surface area contributed by atoms with E-state index in [2.05, 4.69) is 32.0 Å². The van der Waals surface area contributed by atoms with Gasteiger partial charge >= 0.3 is 0 Å². The van der Waals surface area contributed by atoms with E-state index < -0.39 is 25.8 Å². The molecule has 7 rings (SSSR count). The van der Waals surface area contributed by atoms with E-state index in [1.165, 1.54) is 42.0 Å². The van der Waals surface area contributed by atoms with Gasteiger partial charge in [0.25, 0.3) is 15.9 Å². The largest absolute Gasteiger partial charge is 0.385 e. The van der Waals surface area contributed by atoms with Crippen LogP contribution in [0.2, 0.25) is 5.02 Å². The fraction of sp³-hybridized carbons (Fsp3) is 0.279. The molecule has 2 aliphatic rings. The van der Waals surface area contributed by atoms with Crippen molar-refractivity contribution in [3.8, 4) is 11.1 Å². The molecule has 5 aromatic carbocycles. The van der Waals surface area contributed by atoms with Crippen molar-refractivity contribution in [3.05, 3.63) is 137 Å². The average Bonchev–Trinajstić information content (AvgIpc) is 3.21. The van der Waals surface area contributed by atoms with Crippen molar-refractivity contribution in [2.45, 2.75) is 41.0 Å². The summed E-state index contributed by atoms with van der Waals surface area (Å²) in [5.41, 5.74) is 5.30. The summed E-state index contributed by atoms with van der Waals surface area (Å²) < 4.78 is 63.0. The molecule has 56 heavy (non-hydrogen) atoms. The molecule has 292 valence electrons. The lowest BCUT2D eigenvalue weighted by atomic mass is 9.99. The highest BCUT2D eigenvalue weighted by Crippen LogP contribution is 2.31. The lowest BCUT2D eigenvalue weighted by molar-refractivity contribution is 0.0699. The Hall–Kier alpha value is -4.72. The van der Waals surface area contributed by atoms with Gasteiger partial charge in [-0.2, -0.15) is 0 Å². The molecule has 0 aliphatic carbocycles. The van der Waals surface area contributed by atoms with Gasteiger partial charge in [0, 0.05) is 68.9 Å². The van der Waals surface area contributed by atoms with E-state index in [0.717, 1.165) is 69.0 Å². The lowest BCUT2D eigenvalue weighted by Crippen LogP contribution is -2.46. The molecular weight excluding hydrogens is 768 g/mol.